The summed E-state index contributed by atoms with van der Waals surface area (Å²) in [7, 11) is 0. The molecule has 0 aliphatic heterocycles. The summed E-state index contributed by atoms with van der Waals surface area (Å²) in [5, 5.41) is 0. The molecule has 0 aromatic rings. The molecular weight excluding hydrogens is 577 g/mol. The van der Waals surface area contributed by atoms with Crippen molar-refractivity contribution in [3.05, 3.63) is 0 Å². The van der Waals surface area contributed by atoms with E-state index < -0.39 is 0 Å². The zero-order chi connectivity index (χ0) is 35.4. The molecule has 2 saturated carbocycles. The minimum atomic E-state index is 0.538. The van der Waals surface area contributed by atoms with E-state index in [9.17, 15) is 0 Å². The lowest BCUT2D eigenvalue weighted by Gasteiger charge is -2.55. The molecule has 9 atom stereocenters. The molecule has 286 valence electrons. The van der Waals surface area contributed by atoms with Crippen LogP contribution in [-0.4, -0.2) is 0 Å². The van der Waals surface area contributed by atoms with Gasteiger partial charge in [-0.05, 0) is 90.3 Å². The van der Waals surface area contributed by atoms with Crippen LogP contribution in [0, 0.1) is 64.6 Å². The fraction of sp³-hybridized carbons (Fsp3) is 1.00. The summed E-state index contributed by atoms with van der Waals surface area (Å²) in [4.78, 5) is 0. The Kier molecular flexibility index (Phi) is 23.1. The lowest BCUT2D eigenvalue weighted by atomic mass is 9.50. The van der Waals surface area contributed by atoms with Crippen molar-refractivity contribution in [3.63, 3.8) is 0 Å². The molecular formula is C48H94. The zero-order valence-electron chi connectivity index (χ0n) is 35.4. The Labute approximate surface area is 306 Å². The second-order valence-electron chi connectivity index (χ2n) is 19.9. The van der Waals surface area contributed by atoms with Crippen molar-refractivity contribution >= 4 is 0 Å². The molecule has 2 rings (SSSR count). The molecule has 0 radical (unpaired) electrons. The van der Waals surface area contributed by atoms with Crippen molar-refractivity contribution in [2.24, 2.45) is 64.6 Å². The minimum Gasteiger partial charge on any atom is -0.0654 e. The summed E-state index contributed by atoms with van der Waals surface area (Å²) >= 11 is 0. The number of unbranched alkanes of at least 4 members (excludes halogenated alkanes) is 13. The fourth-order valence-corrected chi connectivity index (χ4v) is 10.4. The fourth-order valence-electron chi connectivity index (χ4n) is 10.4. The van der Waals surface area contributed by atoms with Crippen LogP contribution >= 0.6 is 0 Å². The first kappa shape index (κ1) is 44.2. The summed E-state index contributed by atoms with van der Waals surface area (Å²) in [6.07, 6.45) is 39.8. The Hall–Kier alpha value is 0. The van der Waals surface area contributed by atoms with E-state index in [4.69, 9.17) is 0 Å². The average molecular weight is 671 g/mol. The van der Waals surface area contributed by atoms with Crippen LogP contribution in [0.2, 0.25) is 0 Å². The molecule has 0 heteroatoms. The molecule has 9 unspecified atom stereocenters. The predicted octanol–water partition coefficient (Wildman–Crippen LogP) is 16.9. The van der Waals surface area contributed by atoms with E-state index in [0.717, 1.165) is 59.2 Å². The highest BCUT2D eigenvalue weighted by Gasteiger charge is 2.49. The van der Waals surface area contributed by atoms with Crippen LogP contribution in [-0.2, 0) is 0 Å². The topological polar surface area (TPSA) is 0 Å². The maximum Gasteiger partial charge on any atom is -0.0323 e. The highest BCUT2D eigenvalue weighted by molar-refractivity contribution is 4.98. The molecule has 48 heavy (non-hydrogen) atoms. The molecule has 0 N–H and O–H groups in total. The van der Waals surface area contributed by atoms with E-state index in [2.05, 4.69) is 69.2 Å². The maximum absolute atomic E-state index is 2.67. The quantitative estimate of drug-likeness (QED) is 0.0667. The van der Waals surface area contributed by atoms with Crippen LogP contribution in [0.3, 0.4) is 0 Å². The Morgan fingerprint density at radius 3 is 1.54 bits per heavy atom. The zero-order valence-corrected chi connectivity index (χ0v) is 35.4. The van der Waals surface area contributed by atoms with Crippen molar-refractivity contribution in [1.29, 1.82) is 0 Å². The van der Waals surface area contributed by atoms with E-state index in [-0.39, 0.29) is 0 Å². The Morgan fingerprint density at radius 2 is 1.00 bits per heavy atom. The first-order valence-electron chi connectivity index (χ1n) is 23.0. The molecule has 0 heterocycles. The monoisotopic (exact) mass is 671 g/mol. The summed E-state index contributed by atoms with van der Waals surface area (Å²) in [5.41, 5.74) is 0.538. The van der Waals surface area contributed by atoms with Gasteiger partial charge in [-0.3, -0.25) is 0 Å². The predicted molar refractivity (Wildman–Crippen MR) is 219 cm³/mol. The number of rotatable bonds is 30. The first-order chi connectivity index (χ1) is 23.0. The van der Waals surface area contributed by atoms with Gasteiger partial charge in [-0.1, -0.05) is 217 Å². The van der Waals surface area contributed by atoms with Gasteiger partial charge in [0.25, 0.3) is 0 Å². The standard InChI is InChI=1S/C48H94/c1-11-12-13-25-33-44-36-46-43(8)35-45(46)37-47(44)48(9,10)34-27-26-32-42(7)41(6)31-24-20-22-29-39(4)28-21-18-16-14-15-17-19-23-30-40(5)38(2)3/h38-47H,11-37H2,1-10H3. The molecule has 0 amide bonds. The molecule has 2 fully saturated rings. The smallest absolute Gasteiger partial charge is 0.0323 e. The van der Waals surface area contributed by atoms with E-state index in [1.54, 1.807) is 12.8 Å². The van der Waals surface area contributed by atoms with E-state index in [0.29, 0.717) is 5.41 Å². The van der Waals surface area contributed by atoms with Gasteiger partial charge >= 0.3 is 0 Å². The van der Waals surface area contributed by atoms with Crippen LogP contribution in [0.25, 0.3) is 0 Å². The molecule has 0 bridgehead atoms. The molecule has 0 saturated heterocycles. The van der Waals surface area contributed by atoms with Gasteiger partial charge in [0, 0.05) is 0 Å². The molecule has 0 aromatic carbocycles. The summed E-state index contributed by atoms with van der Waals surface area (Å²) < 4.78 is 0. The van der Waals surface area contributed by atoms with Gasteiger partial charge in [-0.25, -0.2) is 0 Å². The number of fused-ring (bicyclic) bond motifs is 1. The highest BCUT2D eigenvalue weighted by atomic mass is 14.5. The second kappa shape index (κ2) is 25.1. The second-order valence-corrected chi connectivity index (χ2v) is 19.9. The molecule has 2 aliphatic carbocycles. The average Bonchev–Trinajstić information content (AvgIpc) is 3.05. The summed E-state index contributed by atoms with van der Waals surface area (Å²) in [6, 6.07) is 0. The van der Waals surface area contributed by atoms with E-state index in [1.165, 1.54) is 161 Å². The first-order valence-corrected chi connectivity index (χ1v) is 23.0. The molecule has 2 aliphatic rings. The summed E-state index contributed by atoms with van der Waals surface area (Å²) in [5.74, 6) is 9.68. The van der Waals surface area contributed by atoms with Crippen molar-refractivity contribution in [2.75, 3.05) is 0 Å². The summed E-state index contributed by atoms with van der Waals surface area (Å²) in [6.45, 7) is 25.1. The number of hydrogen-bond donors (Lipinski definition) is 0. The Balaban J connectivity index is 1.48. The third-order valence-electron chi connectivity index (χ3n) is 14.9. The third kappa shape index (κ3) is 17.5. The SMILES string of the molecule is CCCCCCC1CC2C(C)CC2CC1C(C)(C)CCCCC(C)C(C)CCCCCC(C)CCCCCCCCCCC(C)C(C)C. The van der Waals surface area contributed by atoms with E-state index >= 15 is 0 Å². The van der Waals surface area contributed by atoms with Gasteiger partial charge in [-0.15, -0.1) is 0 Å². The Bertz CT molecular complexity index is 747. The Morgan fingerprint density at radius 1 is 0.521 bits per heavy atom. The van der Waals surface area contributed by atoms with Gasteiger partial charge in [0.05, 0.1) is 0 Å². The van der Waals surface area contributed by atoms with Crippen LogP contribution in [0.1, 0.15) is 243 Å². The van der Waals surface area contributed by atoms with Gasteiger partial charge in [0.15, 0.2) is 0 Å². The lowest BCUT2D eigenvalue weighted by molar-refractivity contribution is -0.0580. The maximum atomic E-state index is 2.67. The van der Waals surface area contributed by atoms with Gasteiger partial charge in [0.1, 0.15) is 0 Å². The molecule has 0 aromatic heterocycles. The van der Waals surface area contributed by atoms with Crippen LogP contribution in [0.4, 0.5) is 0 Å². The molecule has 0 spiro atoms. The van der Waals surface area contributed by atoms with Crippen molar-refractivity contribution in [1.82, 2.24) is 0 Å². The largest absolute Gasteiger partial charge is 0.0654 e. The van der Waals surface area contributed by atoms with Gasteiger partial charge in [0.2, 0.25) is 0 Å². The van der Waals surface area contributed by atoms with Crippen molar-refractivity contribution < 1.29 is 0 Å². The highest BCUT2D eigenvalue weighted by Crippen LogP contribution is 2.58. The minimum absolute atomic E-state index is 0.538. The third-order valence-corrected chi connectivity index (χ3v) is 14.9. The van der Waals surface area contributed by atoms with E-state index in [1.807, 2.05) is 0 Å². The van der Waals surface area contributed by atoms with Gasteiger partial charge < -0.3 is 0 Å². The van der Waals surface area contributed by atoms with Crippen LogP contribution in [0.15, 0.2) is 0 Å². The number of hydrogen-bond acceptors (Lipinski definition) is 0. The lowest BCUT2D eigenvalue weighted by Crippen LogP contribution is -2.47. The van der Waals surface area contributed by atoms with Crippen molar-refractivity contribution in [2.45, 2.75) is 243 Å². The van der Waals surface area contributed by atoms with Gasteiger partial charge in [-0.2, -0.15) is 0 Å². The van der Waals surface area contributed by atoms with Crippen LogP contribution in [0.5, 0.6) is 0 Å². The van der Waals surface area contributed by atoms with Crippen molar-refractivity contribution in [3.8, 4) is 0 Å². The van der Waals surface area contributed by atoms with Crippen LogP contribution < -0.4 is 0 Å². The molecule has 0 nitrogen and oxygen atoms in total. The normalized spacial score (nSPS) is 25.4.